The first-order valence-electron chi connectivity index (χ1n) is 8.28. The van der Waals surface area contributed by atoms with Gasteiger partial charge >= 0.3 is 5.97 Å². The molecule has 0 amide bonds. The van der Waals surface area contributed by atoms with E-state index in [0.717, 1.165) is 19.6 Å². The first-order valence-corrected chi connectivity index (χ1v) is 8.28. The number of ether oxygens (including phenoxy) is 2. The number of quaternary nitrogens is 2. The fraction of sp³-hybridized carbons (Fsp3) is 0.588. The number of piperazine rings is 1. The van der Waals surface area contributed by atoms with Gasteiger partial charge in [0.1, 0.15) is 51.2 Å². The molecule has 1 atom stereocenters. The fourth-order valence-electron chi connectivity index (χ4n) is 2.90. The minimum atomic E-state index is -0.478. The maximum atomic E-state index is 11.3. The highest BCUT2D eigenvalue weighted by atomic mass is 16.5. The molecule has 1 aromatic rings. The van der Waals surface area contributed by atoms with Crippen molar-refractivity contribution in [2.75, 3.05) is 53.0 Å². The van der Waals surface area contributed by atoms with Crippen LogP contribution in [0.15, 0.2) is 24.3 Å². The van der Waals surface area contributed by atoms with Crippen LogP contribution in [0.5, 0.6) is 5.75 Å². The number of carbonyl (C=O) groups is 1. The van der Waals surface area contributed by atoms with Gasteiger partial charge in [-0.2, -0.15) is 0 Å². The first-order chi connectivity index (χ1) is 11.1. The molecule has 0 saturated carbocycles. The first kappa shape index (κ1) is 17.7. The molecule has 2 rings (SSSR count). The predicted octanol–water partition coefficient (Wildman–Crippen LogP) is -1.98. The van der Waals surface area contributed by atoms with Gasteiger partial charge in [-0.3, -0.25) is 0 Å². The van der Waals surface area contributed by atoms with Gasteiger partial charge in [-0.25, -0.2) is 4.79 Å². The summed E-state index contributed by atoms with van der Waals surface area (Å²) in [6, 6.07) is 6.75. The topological polar surface area (TPSA) is 64.6 Å². The fourth-order valence-corrected chi connectivity index (χ4v) is 2.90. The number of nitrogens with one attached hydrogen (secondary N) is 2. The zero-order valence-electron chi connectivity index (χ0n) is 14.0. The number of hydrogen-bond donors (Lipinski definition) is 3. The summed E-state index contributed by atoms with van der Waals surface area (Å²) in [6.45, 7) is 8.95. The van der Waals surface area contributed by atoms with Crippen LogP contribution in [0.1, 0.15) is 17.3 Å². The van der Waals surface area contributed by atoms with E-state index in [4.69, 9.17) is 4.74 Å². The molecule has 23 heavy (non-hydrogen) atoms. The van der Waals surface area contributed by atoms with Crippen molar-refractivity contribution in [2.24, 2.45) is 0 Å². The monoisotopic (exact) mass is 324 g/mol. The van der Waals surface area contributed by atoms with Crippen LogP contribution < -0.4 is 14.5 Å². The van der Waals surface area contributed by atoms with Crippen molar-refractivity contribution < 1.29 is 29.2 Å². The summed E-state index contributed by atoms with van der Waals surface area (Å²) in [5, 5.41) is 10.1. The van der Waals surface area contributed by atoms with Crippen LogP contribution >= 0.6 is 0 Å². The van der Waals surface area contributed by atoms with Crippen LogP contribution in [-0.4, -0.2) is 70.2 Å². The molecular weight excluding hydrogens is 296 g/mol. The summed E-state index contributed by atoms with van der Waals surface area (Å²) in [5.74, 6) is 0.278. The molecule has 0 spiro atoms. The van der Waals surface area contributed by atoms with Crippen molar-refractivity contribution in [1.82, 2.24) is 0 Å². The zero-order chi connectivity index (χ0) is 16.7. The average molecular weight is 324 g/mol. The summed E-state index contributed by atoms with van der Waals surface area (Å²) in [6.07, 6.45) is -0.478. The van der Waals surface area contributed by atoms with Crippen LogP contribution in [0.4, 0.5) is 0 Å². The number of aliphatic hydroxyl groups is 1. The molecule has 0 aliphatic carbocycles. The molecule has 1 saturated heterocycles. The third kappa shape index (κ3) is 5.49. The summed E-state index contributed by atoms with van der Waals surface area (Å²) in [5.41, 5.74) is 0.487. The lowest BCUT2D eigenvalue weighted by molar-refractivity contribution is -1.01. The number of rotatable bonds is 7. The molecule has 128 valence electrons. The smallest absolute Gasteiger partial charge is 0.337 e. The molecule has 3 N–H and O–H groups in total. The number of esters is 1. The van der Waals surface area contributed by atoms with E-state index in [-0.39, 0.29) is 12.6 Å². The standard InChI is InChI=1S/C17H26N2O4/c1-3-18-8-10-19(11-9-18)12-15(20)13-23-16-6-4-14(5-7-16)17(21)22-2/h4-7,15,20H,3,8-13H2,1-2H3/p+2/t15-/m0/s1. The second-order valence-corrected chi connectivity index (χ2v) is 6.04. The minimum absolute atomic E-state index is 0.269. The van der Waals surface area contributed by atoms with Gasteiger partial charge < -0.3 is 24.4 Å². The van der Waals surface area contributed by atoms with Gasteiger partial charge in [0.05, 0.1) is 19.2 Å². The molecule has 1 fully saturated rings. The molecule has 0 aromatic heterocycles. The number of benzene rings is 1. The molecule has 0 radical (unpaired) electrons. The highest BCUT2D eigenvalue weighted by Crippen LogP contribution is 2.12. The Morgan fingerprint density at radius 1 is 1.17 bits per heavy atom. The van der Waals surface area contributed by atoms with Crippen molar-refractivity contribution in [1.29, 1.82) is 0 Å². The molecule has 0 bridgehead atoms. The van der Waals surface area contributed by atoms with Crippen LogP contribution in [0.25, 0.3) is 0 Å². The third-order valence-corrected chi connectivity index (χ3v) is 4.41. The van der Waals surface area contributed by atoms with Gasteiger partial charge in [-0.05, 0) is 31.2 Å². The maximum absolute atomic E-state index is 11.3. The number of carbonyl (C=O) groups excluding carboxylic acids is 1. The number of hydrogen-bond acceptors (Lipinski definition) is 4. The van der Waals surface area contributed by atoms with Crippen molar-refractivity contribution in [3.63, 3.8) is 0 Å². The van der Waals surface area contributed by atoms with Gasteiger partial charge in [0.25, 0.3) is 0 Å². The van der Waals surface area contributed by atoms with Gasteiger partial charge in [0.15, 0.2) is 0 Å². The van der Waals surface area contributed by atoms with E-state index < -0.39 is 6.10 Å². The van der Waals surface area contributed by atoms with Gasteiger partial charge in [-0.1, -0.05) is 0 Å². The van der Waals surface area contributed by atoms with E-state index >= 15 is 0 Å². The van der Waals surface area contributed by atoms with Crippen molar-refractivity contribution in [3.05, 3.63) is 29.8 Å². The Hall–Kier alpha value is -1.63. The Balaban J connectivity index is 1.72. The van der Waals surface area contributed by atoms with Crippen LogP contribution in [-0.2, 0) is 4.74 Å². The second kappa shape index (κ2) is 8.86. The number of methoxy groups -OCH3 is 1. The van der Waals surface area contributed by atoms with Crippen molar-refractivity contribution >= 4 is 5.97 Å². The highest BCUT2D eigenvalue weighted by Gasteiger charge is 2.23. The molecule has 6 nitrogen and oxygen atoms in total. The molecule has 1 aromatic carbocycles. The molecule has 0 unspecified atom stereocenters. The minimum Gasteiger partial charge on any atom is -0.491 e. The van der Waals surface area contributed by atoms with E-state index in [1.54, 1.807) is 29.2 Å². The Kier molecular flexibility index (Phi) is 6.83. The zero-order valence-corrected chi connectivity index (χ0v) is 14.0. The lowest BCUT2D eigenvalue weighted by Crippen LogP contribution is -3.28. The van der Waals surface area contributed by atoms with Crippen LogP contribution in [0.2, 0.25) is 0 Å². The van der Waals surface area contributed by atoms with Gasteiger partial charge in [0, 0.05) is 0 Å². The largest absolute Gasteiger partial charge is 0.491 e. The Bertz CT molecular complexity index is 484. The van der Waals surface area contributed by atoms with Crippen LogP contribution in [0.3, 0.4) is 0 Å². The third-order valence-electron chi connectivity index (χ3n) is 4.41. The van der Waals surface area contributed by atoms with Gasteiger partial charge in [-0.15, -0.1) is 0 Å². The lowest BCUT2D eigenvalue weighted by Gasteiger charge is -2.30. The summed E-state index contributed by atoms with van der Waals surface area (Å²) < 4.78 is 10.2. The second-order valence-electron chi connectivity index (χ2n) is 6.04. The number of aliphatic hydroxyl groups excluding tert-OH is 1. The van der Waals surface area contributed by atoms with Gasteiger partial charge in [0.2, 0.25) is 0 Å². The molecular formula is C17H28N2O4+2. The number of likely N-dealkylation sites (N-methyl/N-ethyl adjacent to an activating group) is 1. The summed E-state index contributed by atoms with van der Waals surface area (Å²) >= 11 is 0. The van der Waals surface area contributed by atoms with Crippen molar-refractivity contribution in [2.45, 2.75) is 13.0 Å². The predicted molar refractivity (Wildman–Crippen MR) is 86.1 cm³/mol. The van der Waals surface area contributed by atoms with E-state index in [9.17, 15) is 9.90 Å². The molecule has 1 aliphatic heterocycles. The SMILES string of the molecule is CC[NH+]1CC[NH+](C[C@H](O)COc2ccc(C(=O)OC)cc2)CC1. The van der Waals surface area contributed by atoms with E-state index in [2.05, 4.69) is 11.7 Å². The quantitative estimate of drug-likeness (QED) is 0.509. The lowest BCUT2D eigenvalue weighted by atomic mass is 10.2. The Morgan fingerprint density at radius 3 is 2.35 bits per heavy atom. The summed E-state index contributed by atoms with van der Waals surface area (Å²) in [7, 11) is 1.35. The van der Waals surface area contributed by atoms with Crippen molar-refractivity contribution in [3.8, 4) is 5.75 Å². The van der Waals surface area contributed by atoms with E-state index in [1.807, 2.05) is 0 Å². The normalized spacial score (nSPS) is 22.4. The van der Waals surface area contributed by atoms with E-state index in [1.165, 1.54) is 31.6 Å². The molecule has 1 aliphatic rings. The maximum Gasteiger partial charge on any atom is 0.337 e. The molecule has 1 heterocycles. The van der Waals surface area contributed by atoms with Crippen LogP contribution in [0, 0.1) is 0 Å². The Morgan fingerprint density at radius 2 is 1.78 bits per heavy atom. The Labute approximate surface area is 137 Å². The van der Waals surface area contributed by atoms with E-state index in [0.29, 0.717) is 11.3 Å². The highest BCUT2D eigenvalue weighted by molar-refractivity contribution is 5.89. The molecule has 6 heteroatoms. The average Bonchev–Trinajstić information content (AvgIpc) is 2.60. The summed E-state index contributed by atoms with van der Waals surface area (Å²) in [4.78, 5) is 14.4.